The van der Waals surface area contributed by atoms with Crippen LogP contribution in [0.4, 0.5) is 4.79 Å². The van der Waals surface area contributed by atoms with Crippen LogP contribution in [0.1, 0.15) is 40.2 Å². The summed E-state index contributed by atoms with van der Waals surface area (Å²) in [5.41, 5.74) is 1.09. The highest BCUT2D eigenvalue weighted by atomic mass is 16.2. The molecule has 1 N–H and O–H groups in total. The predicted molar refractivity (Wildman–Crippen MR) is 93.1 cm³/mol. The van der Waals surface area contributed by atoms with Gasteiger partial charge in [-0.1, -0.05) is 13.8 Å². The van der Waals surface area contributed by atoms with Crippen molar-refractivity contribution in [2.75, 3.05) is 19.6 Å². The van der Waals surface area contributed by atoms with Crippen LogP contribution in [0, 0.1) is 5.92 Å². The number of nitrogens with zero attached hydrogens (tertiary/aromatic N) is 3. The third-order valence-electron chi connectivity index (χ3n) is 3.88. The summed E-state index contributed by atoms with van der Waals surface area (Å²) in [6.45, 7) is 14.1. The Kier molecular flexibility index (Phi) is 5.63. The maximum atomic E-state index is 12.2. The van der Waals surface area contributed by atoms with Crippen molar-refractivity contribution >= 4 is 6.03 Å². The standard InChI is InChI=1S/C18H30N4O/c1-14(2)10-21(11-15-6-8-19-9-7-15)16-12-22(13-16)17(23)20-18(3,4)5/h6-9,14,16H,10-13H2,1-5H3,(H,20,23). The Balaban J connectivity index is 1.91. The van der Waals surface area contributed by atoms with Crippen molar-refractivity contribution in [2.24, 2.45) is 5.92 Å². The number of carbonyl (C=O) groups is 1. The van der Waals surface area contributed by atoms with Gasteiger partial charge < -0.3 is 10.2 Å². The number of pyridine rings is 1. The van der Waals surface area contributed by atoms with Crippen molar-refractivity contribution < 1.29 is 4.79 Å². The van der Waals surface area contributed by atoms with Crippen LogP contribution in [0.5, 0.6) is 0 Å². The van der Waals surface area contributed by atoms with E-state index in [4.69, 9.17) is 0 Å². The summed E-state index contributed by atoms with van der Waals surface area (Å²) in [7, 11) is 0. The molecule has 1 aliphatic heterocycles. The number of hydrogen-bond donors (Lipinski definition) is 1. The van der Waals surface area contributed by atoms with Gasteiger partial charge in [-0.05, 0) is 44.4 Å². The first-order chi connectivity index (χ1) is 10.7. The number of rotatable bonds is 5. The summed E-state index contributed by atoms with van der Waals surface area (Å²) < 4.78 is 0. The average Bonchev–Trinajstić information content (AvgIpc) is 2.35. The van der Waals surface area contributed by atoms with Crippen molar-refractivity contribution in [3.8, 4) is 0 Å². The minimum absolute atomic E-state index is 0.0437. The largest absolute Gasteiger partial charge is 0.333 e. The van der Waals surface area contributed by atoms with Crippen LogP contribution in [0.15, 0.2) is 24.5 Å². The predicted octanol–water partition coefficient (Wildman–Crippen LogP) is 2.73. The molecule has 1 aromatic rings. The van der Waals surface area contributed by atoms with Gasteiger partial charge in [0.2, 0.25) is 0 Å². The smallest absolute Gasteiger partial charge is 0.317 e. The lowest BCUT2D eigenvalue weighted by atomic mass is 10.0. The molecule has 0 unspecified atom stereocenters. The molecule has 0 atom stereocenters. The minimum atomic E-state index is -0.184. The third-order valence-corrected chi connectivity index (χ3v) is 3.88. The van der Waals surface area contributed by atoms with E-state index in [1.807, 2.05) is 38.1 Å². The molecule has 1 saturated heterocycles. The van der Waals surface area contributed by atoms with Crippen LogP contribution < -0.4 is 5.32 Å². The molecular formula is C18H30N4O. The first-order valence-electron chi connectivity index (χ1n) is 8.44. The molecule has 0 aromatic carbocycles. The molecule has 2 heterocycles. The van der Waals surface area contributed by atoms with Gasteiger partial charge in [-0.25, -0.2) is 4.79 Å². The maximum absolute atomic E-state index is 12.2. The molecule has 1 fully saturated rings. The number of carbonyl (C=O) groups excluding carboxylic acids is 1. The molecule has 5 heteroatoms. The average molecular weight is 318 g/mol. The van der Waals surface area contributed by atoms with Gasteiger partial charge in [0.15, 0.2) is 0 Å². The zero-order valence-corrected chi connectivity index (χ0v) is 15.0. The maximum Gasteiger partial charge on any atom is 0.317 e. The Labute approximate surface area is 140 Å². The Morgan fingerprint density at radius 3 is 2.48 bits per heavy atom. The number of hydrogen-bond acceptors (Lipinski definition) is 3. The first kappa shape index (κ1) is 17.7. The van der Waals surface area contributed by atoms with Crippen LogP contribution in [0.3, 0.4) is 0 Å². The van der Waals surface area contributed by atoms with Gasteiger partial charge in [0.1, 0.15) is 0 Å². The lowest BCUT2D eigenvalue weighted by Gasteiger charge is -2.46. The molecule has 0 bridgehead atoms. The highest BCUT2D eigenvalue weighted by Crippen LogP contribution is 2.20. The van der Waals surface area contributed by atoms with E-state index in [2.05, 4.69) is 41.2 Å². The number of amides is 2. The van der Waals surface area contributed by atoms with Crippen LogP contribution in [0.2, 0.25) is 0 Å². The molecule has 1 aliphatic rings. The Hall–Kier alpha value is -1.62. The molecule has 128 valence electrons. The quantitative estimate of drug-likeness (QED) is 0.908. The molecule has 0 radical (unpaired) electrons. The Morgan fingerprint density at radius 2 is 1.96 bits per heavy atom. The van der Waals surface area contributed by atoms with Crippen molar-refractivity contribution in [3.05, 3.63) is 30.1 Å². The van der Waals surface area contributed by atoms with E-state index in [-0.39, 0.29) is 11.6 Å². The van der Waals surface area contributed by atoms with Crippen LogP contribution >= 0.6 is 0 Å². The third kappa shape index (κ3) is 5.50. The summed E-state index contributed by atoms with van der Waals surface area (Å²) in [4.78, 5) is 20.6. The van der Waals surface area contributed by atoms with Gasteiger partial charge in [0, 0.05) is 50.2 Å². The number of aromatic nitrogens is 1. The lowest BCUT2D eigenvalue weighted by Crippen LogP contribution is -2.64. The van der Waals surface area contributed by atoms with E-state index in [0.29, 0.717) is 12.0 Å². The minimum Gasteiger partial charge on any atom is -0.333 e. The van der Waals surface area contributed by atoms with Gasteiger partial charge in [-0.3, -0.25) is 9.88 Å². The SMILES string of the molecule is CC(C)CN(Cc1ccncc1)C1CN(C(=O)NC(C)(C)C)C1. The molecule has 23 heavy (non-hydrogen) atoms. The molecule has 2 amide bonds. The van der Waals surface area contributed by atoms with Crippen LogP contribution in [-0.4, -0.2) is 52.0 Å². The highest BCUT2D eigenvalue weighted by Gasteiger charge is 2.35. The summed E-state index contributed by atoms with van der Waals surface area (Å²) in [6.07, 6.45) is 3.68. The van der Waals surface area contributed by atoms with Gasteiger partial charge in [-0.15, -0.1) is 0 Å². The first-order valence-corrected chi connectivity index (χ1v) is 8.44. The molecule has 1 aromatic heterocycles. The zero-order chi connectivity index (χ0) is 17.0. The van der Waals surface area contributed by atoms with Gasteiger partial charge in [0.25, 0.3) is 0 Å². The molecule has 2 rings (SSSR count). The van der Waals surface area contributed by atoms with Crippen molar-refractivity contribution in [2.45, 2.75) is 52.7 Å². The highest BCUT2D eigenvalue weighted by molar-refractivity contribution is 5.76. The van der Waals surface area contributed by atoms with E-state index in [1.165, 1.54) is 5.56 Å². The van der Waals surface area contributed by atoms with Gasteiger partial charge >= 0.3 is 6.03 Å². The monoisotopic (exact) mass is 318 g/mol. The Bertz CT molecular complexity index is 504. The van der Waals surface area contributed by atoms with E-state index in [1.54, 1.807) is 0 Å². The molecule has 0 spiro atoms. The Morgan fingerprint density at radius 1 is 1.35 bits per heavy atom. The summed E-state index contributed by atoms with van der Waals surface area (Å²) in [6, 6.07) is 4.62. The van der Waals surface area contributed by atoms with Crippen molar-refractivity contribution in [3.63, 3.8) is 0 Å². The number of likely N-dealkylation sites (tertiary alicyclic amines) is 1. The summed E-state index contributed by atoms with van der Waals surface area (Å²) >= 11 is 0. The summed E-state index contributed by atoms with van der Waals surface area (Å²) in [5, 5.41) is 3.03. The zero-order valence-electron chi connectivity index (χ0n) is 15.0. The topological polar surface area (TPSA) is 48.5 Å². The molecule has 0 saturated carbocycles. The molecular weight excluding hydrogens is 288 g/mol. The number of urea groups is 1. The fourth-order valence-corrected chi connectivity index (χ4v) is 2.79. The van der Waals surface area contributed by atoms with Crippen LogP contribution in [0.25, 0.3) is 0 Å². The van der Waals surface area contributed by atoms with Gasteiger partial charge in [0.05, 0.1) is 0 Å². The second-order valence-electron chi connectivity index (χ2n) is 7.92. The fraction of sp³-hybridized carbons (Fsp3) is 0.667. The molecule has 5 nitrogen and oxygen atoms in total. The van der Waals surface area contributed by atoms with Crippen LogP contribution in [-0.2, 0) is 6.54 Å². The molecule has 0 aliphatic carbocycles. The second kappa shape index (κ2) is 7.30. The normalized spacial score (nSPS) is 15.9. The lowest BCUT2D eigenvalue weighted by molar-refractivity contribution is 0.0425. The van der Waals surface area contributed by atoms with E-state index in [0.717, 1.165) is 26.2 Å². The van der Waals surface area contributed by atoms with E-state index in [9.17, 15) is 4.79 Å². The van der Waals surface area contributed by atoms with Crippen molar-refractivity contribution in [1.29, 1.82) is 0 Å². The second-order valence-corrected chi connectivity index (χ2v) is 7.92. The van der Waals surface area contributed by atoms with E-state index >= 15 is 0 Å². The van der Waals surface area contributed by atoms with E-state index < -0.39 is 0 Å². The summed E-state index contributed by atoms with van der Waals surface area (Å²) in [5.74, 6) is 0.606. The van der Waals surface area contributed by atoms with Crippen molar-refractivity contribution in [1.82, 2.24) is 20.1 Å². The fourth-order valence-electron chi connectivity index (χ4n) is 2.79. The number of nitrogens with one attached hydrogen (secondary N) is 1. The van der Waals surface area contributed by atoms with Gasteiger partial charge in [-0.2, -0.15) is 0 Å².